The number of nitro groups is 1. The predicted octanol–water partition coefficient (Wildman–Crippen LogP) is 2.61. The summed E-state index contributed by atoms with van der Waals surface area (Å²) in [5.74, 6) is 1.07. The smallest absolute Gasteiger partial charge is 0.311 e. The molecule has 0 amide bonds. The van der Waals surface area contributed by atoms with Crippen LogP contribution in [0.25, 0.3) is 0 Å². The standard InChI is InChI=1S/C12H17N3O2/c1-9-5-6-10(2)14(8-9)12-11(15(16)17)4-3-7-13-12/h3-4,7,9-10H,5-6,8H2,1-2H3. The molecule has 17 heavy (non-hydrogen) atoms. The van der Waals surface area contributed by atoms with Crippen LogP contribution < -0.4 is 4.90 Å². The van der Waals surface area contributed by atoms with E-state index in [1.54, 1.807) is 12.3 Å². The van der Waals surface area contributed by atoms with Crippen LogP contribution in [-0.4, -0.2) is 22.5 Å². The third-order valence-electron chi connectivity index (χ3n) is 3.35. The van der Waals surface area contributed by atoms with Crippen molar-refractivity contribution in [2.24, 2.45) is 5.92 Å². The lowest BCUT2D eigenvalue weighted by Crippen LogP contribution is -2.41. The average Bonchev–Trinajstić information content (AvgIpc) is 2.32. The zero-order valence-corrected chi connectivity index (χ0v) is 10.2. The van der Waals surface area contributed by atoms with E-state index in [9.17, 15) is 10.1 Å². The van der Waals surface area contributed by atoms with Gasteiger partial charge in [0, 0.05) is 24.8 Å². The minimum absolute atomic E-state index is 0.105. The number of piperidine rings is 1. The summed E-state index contributed by atoms with van der Waals surface area (Å²) in [6, 6.07) is 3.45. The van der Waals surface area contributed by atoms with E-state index >= 15 is 0 Å². The van der Waals surface area contributed by atoms with Gasteiger partial charge in [-0.1, -0.05) is 6.92 Å². The molecule has 1 fully saturated rings. The Morgan fingerprint density at radius 3 is 2.94 bits per heavy atom. The molecule has 0 N–H and O–H groups in total. The predicted molar refractivity (Wildman–Crippen MR) is 66.1 cm³/mol. The van der Waals surface area contributed by atoms with Crippen LogP contribution in [0.1, 0.15) is 26.7 Å². The lowest BCUT2D eigenvalue weighted by molar-refractivity contribution is -0.384. The summed E-state index contributed by atoms with van der Waals surface area (Å²) >= 11 is 0. The number of rotatable bonds is 2. The molecule has 1 aromatic heterocycles. The van der Waals surface area contributed by atoms with Crippen LogP contribution in [0.5, 0.6) is 0 Å². The minimum Gasteiger partial charge on any atom is -0.348 e. The molecular weight excluding hydrogens is 218 g/mol. The molecule has 0 bridgehead atoms. The number of nitrogens with zero attached hydrogens (tertiary/aromatic N) is 3. The van der Waals surface area contributed by atoms with Crippen LogP contribution in [0.3, 0.4) is 0 Å². The van der Waals surface area contributed by atoms with Gasteiger partial charge in [0.25, 0.3) is 0 Å². The van der Waals surface area contributed by atoms with Crippen molar-refractivity contribution < 1.29 is 4.92 Å². The molecule has 2 atom stereocenters. The summed E-state index contributed by atoms with van der Waals surface area (Å²) in [6.07, 6.45) is 3.86. The molecule has 0 spiro atoms. The van der Waals surface area contributed by atoms with Gasteiger partial charge in [-0.2, -0.15) is 0 Å². The Morgan fingerprint density at radius 2 is 2.24 bits per heavy atom. The summed E-state index contributed by atoms with van der Waals surface area (Å²) in [4.78, 5) is 16.9. The normalized spacial score (nSPS) is 24.7. The van der Waals surface area contributed by atoms with Gasteiger partial charge in [0.2, 0.25) is 5.82 Å². The van der Waals surface area contributed by atoms with Gasteiger partial charge in [-0.3, -0.25) is 10.1 Å². The van der Waals surface area contributed by atoms with Crippen LogP contribution in [0.4, 0.5) is 11.5 Å². The topological polar surface area (TPSA) is 59.3 Å². The Bertz CT molecular complexity index is 422. The van der Waals surface area contributed by atoms with Gasteiger partial charge >= 0.3 is 5.69 Å². The molecule has 1 aliphatic rings. The molecule has 0 aromatic carbocycles. The zero-order valence-electron chi connectivity index (χ0n) is 10.2. The van der Waals surface area contributed by atoms with Gasteiger partial charge in [0.1, 0.15) is 0 Å². The monoisotopic (exact) mass is 235 g/mol. The molecule has 0 radical (unpaired) electrons. The van der Waals surface area contributed by atoms with Crippen molar-refractivity contribution in [1.29, 1.82) is 0 Å². The fourth-order valence-corrected chi connectivity index (χ4v) is 2.34. The van der Waals surface area contributed by atoms with Crippen LogP contribution in [0.15, 0.2) is 18.3 Å². The highest BCUT2D eigenvalue weighted by Gasteiger charge is 2.28. The zero-order chi connectivity index (χ0) is 12.4. The maximum atomic E-state index is 11.0. The van der Waals surface area contributed by atoms with Crippen LogP contribution in [-0.2, 0) is 0 Å². The van der Waals surface area contributed by atoms with E-state index in [4.69, 9.17) is 0 Å². The van der Waals surface area contributed by atoms with E-state index in [0.717, 1.165) is 13.0 Å². The summed E-state index contributed by atoms with van der Waals surface area (Å²) in [5, 5.41) is 11.0. The van der Waals surface area contributed by atoms with Crippen molar-refractivity contribution in [3.8, 4) is 0 Å². The Balaban J connectivity index is 2.35. The molecular formula is C12H17N3O2. The van der Waals surface area contributed by atoms with Crippen LogP contribution in [0.2, 0.25) is 0 Å². The highest BCUT2D eigenvalue weighted by molar-refractivity contribution is 5.58. The van der Waals surface area contributed by atoms with Gasteiger partial charge < -0.3 is 4.90 Å². The van der Waals surface area contributed by atoms with Gasteiger partial charge in [-0.25, -0.2) is 4.98 Å². The second kappa shape index (κ2) is 4.69. The lowest BCUT2D eigenvalue weighted by Gasteiger charge is -2.37. The van der Waals surface area contributed by atoms with Crippen LogP contribution >= 0.6 is 0 Å². The van der Waals surface area contributed by atoms with Crippen molar-refractivity contribution in [3.63, 3.8) is 0 Å². The van der Waals surface area contributed by atoms with E-state index in [-0.39, 0.29) is 10.6 Å². The number of aromatic nitrogens is 1. The van der Waals surface area contributed by atoms with E-state index in [1.807, 2.05) is 0 Å². The Hall–Kier alpha value is -1.65. The second-order valence-corrected chi connectivity index (χ2v) is 4.79. The average molecular weight is 235 g/mol. The van der Waals surface area contributed by atoms with E-state index in [2.05, 4.69) is 23.7 Å². The van der Waals surface area contributed by atoms with E-state index < -0.39 is 0 Å². The van der Waals surface area contributed by atoms with Crippen molar-refractivity contribution in [2.45, 2.75) is 32.7 Å². The van der Waals surface area contributed by atoms with Crippen molar-refractivity contribution in [1.82, 2.24) is 4.98 Å². The van der Waals surface area contributed by atoms with Crippen LogP contribution in [0, 0.1) is 16.0 Å². The third-order valence-corrected chi connectivity index (χ3v) is 3.35. The SMILES string of the molecule is CC1CCC(C)N(c2ncccc2[N+](=O)[O-])C1. The molecule has 2 heterocycles. The van der Waals surface area contributed by atoms with Crippen molar-refractivity contribution in [3.05, 3.63) is 28.4 Å². The summed E-state index contributed by atoms with van der Waals surface area (Å²) in [6.45, 7) is 5.12. The number of hydrogen-bond acceptors (Lipinski definition) is 4. The summed E-state index contributed by atoms with van der Waals surface area (Å²) in [5.41, 5.74) is 0.105. The quantitative estimate of drug-likeness (QED) is 0.584. The Kier molecular flexibility index (Phi) is 3.26. The molecule has 92 valence electrons. The van der Waals surface area contributed by atoms with Gasteiger partial charge in [0.05, 0.1) is 4.92 Å². The highest BCUT2D eigenvalue weighted by Crippen LogP contribution is 2.31. The van der Waals surface area contributed by atoms with E-state index in [0.29, 0.717) is 17.8 Å². The first kappa shape index (κ1) is 11.8. The maximum Gasteiger partial charge on any atom is 0.311 e. The van der Waals surface area contributed by atoms with Gasteiger partial charge in [0.15, 0.2) is 0 Å². The fraction of sp³-hybridized carbons (Fsp3) is 0.583. The third kappa shape index (κ3) is 2.38. The summed E-state index contributed by atoms with van der Waals surface area (Å²) < 4.78 is 0. The molecule has 2 rings (SSSR count). The molecule has 1 aromatic rings. The molecule has 5 heteroatoms. The molecule has 0 aliphatic carbocycles. The van der Waals surface area contributed by atoms with Crippen molar-refractivity contribution in [2.75, 3.05) is 11.4 Å². The van der Waals surface area contributed by atoms with Gasteiger partial charge in [-0.15, -0.1) is 0 Å². The fourth-order valence-electron chi connectivity index (χ4n) is 2.34. The first-order chi connectivity index (χ1) is 8.09. The molecule has 2 unspecified atom stereocenters. The van der Waals surface area contributed by atoms with Gasteiger partial charge in [-0.05, 0) is 31.7 Å². The maximum absolute atomic E-state index is 11.0. The first-order valence-corrected chi connectivity index (χ1v) is 5.95. The Morgan fingerprint density at radius 1 is 1.47 bits per heavy atom. The van der Waals surface area contributed by atoms with E-state index in [1.165, 1.54) is 12.5 Å². The molecule has 5 nitrogen and oxygen atoms in total. The number of hydrogen-bond donors (Lipinski definition) is 0. The number of pyridine rings is 1. The van der Waals surface area contributed by atoms with Crippen molar-refractivity contribution >= 4 is 11.5 Å². The molecule has 0 saturated carbocycles. The summed E-state index contributed by atoms with van der Waals surface area (Å²) in [7, 11) is 0. The largest absolute Gasteiger partial charge is 0.348 e. The molecule has 1 saturated heterocycles. The number of anilines is 1. The lowest BCUT2D eigenvalue weighted by atomic mass is 9.95. The first-order valence-electron chi connectivity index (χ1n) is 5.95. The minimum atomic E-state index is -0.353. The molecule has 1 aliphatic heterocycles. The second-order valence-electron chi connectivity index (χ2n) is 4.79. The highest BCUT2D eigenvalue weighted by atomic mass is 16.6. The Labute approximate surface area is 101 Å².